The lowest BCUT2D eigenvalue weighted by Crippen LogP contribution is -2.02. The molecule has 2 N–H and O–H groups in total. The molecule has 98 valence electrons. The Kier molecular flexibility index (Phi) is 4.09. The largest absolute Gasteiger partial charge is 0.493 e. The molecule has 0 unspecified atom stereocenters. The molecule has 0 amide bonds. The van der Waals surface area contributed by atoms with Crippen LogP contribution in [-0.4, -0.2) is 22.8 Å². The van der Waals surface area contributed by atoms with Crippen molar-refractivity contribution >= 4 is 17.6 Å². The zero-order chi connectivity index (χ0) is 13.1. The molecule has 1 atom stereocenters. The normalized spacial score (nSPS) is 15.0. The van der Waals surface area contributed by atoms with E-state index in [9.17, 15) is 9.90 Å². The first-order valence-electron chi connectivity index (χ1n) is 5.93. The number of ether oxygens (including phenoxy) is 1. The second-order valence-electron chi connectivity index (χ2n) is 4.38. The van der Waals surface area contributed by atoms with E-state index in [-0.39, 0.29) is 6.42 Å². The van der Waals surface area contributed by atoms with Crippen LogP contribution in [-0.2, 0) is 11.2 Å². The molecule has 4 nitrogen and oxygen atoms in total. The highest BCUT2D eigenvalue weighted by Gasteiger charge is 2.22. The number of hydrogen-bond donors (Lipinski definition) is 2. The number of aliphatic carboxylic acids is 1. The van der Waals surface area contributed by atoms with Crippen LogP contribution in [0.15, 0.2) is 12.1 Å². The minimum absolute atomic E-state index is 0.0562. The van der Waals surface area contributed by atoms with Crippen LogP contribution < -0.4 is 4.74 Å². The molecule has 0 saturated heterocycles. The van der Waals surface area contributed by atoms with E-state index in [0.717, 1.165) is 12.0 Å². The Hall–Kier alpha value is -1.26. The first-order valence-corrected chi connectivity index (χ1v) is 6.30. The summed E-state index contributed by atoms with van der Waals surface area (Å²) in [7, 11) is 0. The van der Waals surface area contributed by atoms with E-state index in [1.165, 1.54) is 0 Å². The predicted molar refractivity (Wildman–Crippen MR) is 67.1 cm³/mol. The van der Waals surface area contributed by atoms with E-state index in [0.29, 0.717) is 35.8 Å². The first-order chi connectivity index (χ1) is 8.58. The third-order valence-electron chi connectivity index (χ3n) is 3.00. The first kappa shape index (κ1) is 13.2. The zero-order valence-electron chi connectivity index (χ0n) is 9.86. The van der Waals surface area contributed by atoms with E-state index < -0.39 is 12.1 Å². The van der Waals surface area contributed by atoms with E-state index in [1.54, 1.807) is 6.07 Å². The summed E-state index contributed by atoms with van der Waals surface area (Å²) in [5.74, 6) is -0.142. The van der Waals surface area contributed by atoms with Crippen LogP contribution in [0.3, 0.4) is 0 Å². The molecular formula is C13H15ClO4. The van der Waals surface area contributed by atoms with Gasteiger partial charge in [-0.25, -0.2) is 0 Å². The standard InChI is InChI=1S/C13H15ClO4/c14-9-6-8-4-5-18-13(8)10(7-9)11(15)2-1-3-12(16)17/h6-7,11,15H,1-5H2,(H,16,17)/t11-/m0/s1. The van der Waals surface area contributed by atoms with Gasteiger partial charge >= 0.3 is 5.97 Å². The van der Waals surface area contributed by atoms with Gasteiger partial charge < -0.3 is 14.9 Å². The molecule has 5 heteroatoms. The Morgan fingerprint density at radius 2 is 2.28 bits per heavy atom. The number of benzene rings is 1. The zero-order valence-corrected chi connectivity index (χ0v) is 10.6. The number of hydrogen-bond acceptors (Lipinski definition) is 3. The lowest BCUT2D eigenvalue weighted by atomic mass is 10.00. The highest BCUT2D eigenvalue weighted by atomic mass is 35.5. The van der Waals surface area contributed by atoms with Crippen LogP contribution in [0.2, 0.25) is 5.02 Å². The van der Waals surface area contributed by atoms with Crippen molar-refractivity contribution < 1.29 is 19.7 Å². The fourth-order valence-corrected chi connectivity index (χ4v) is 2.40. The molecule has 0 aromatic heterocycles. The fraction of sp³-hybridized carbons (Fsp3) is 0.462. The molecule has 1 aromatic rings. The SMILES string of the molecule is O=C(O)CCC[C@H](O)c1cc(Cl)cc2c1OCC2. The van der Waals surface area contributed by atoms with E-state index in [4.69, 9.17) is 21.4 Å². The number of aliphatic hydroxyl groups excluding tert-OH is 1. The Morgan fingerprint density at radius 3 is 3.00 bits per heavy atom. The molecule has 0 radical (unpaired) electrons. The lowest BCUT2D eigenvalue weighted by molar-refractivity contribution is -0.137. The maximum atomic E-state index is 10.4. The van der Waals surface area contributed by atoms with Crippen molar-refractivity contribution in [1.29, 1.82) is 0 Å². The molecule has 0 fully saturated rings. The van der Waals surface area contributed by atoms with Crippen molar-refractivity contribution in [2.24, 2.45) is 0 Å². The number of carbonyl (C=O) groups is 1. The Bertz CT molecular complexity index is 459. The molecule has 1 aromatic carbocycles. The van der Waals surface area contributed by atoms with Crippen molar-refractivity contribution in [2.45, 2.75) is 31.8 Å². The fourth-order valence-electron chi connectivity index (χ4n) is 2.15. The molecule has 0 spiro atoms. The van der Waals surface area contributed by atoms with Gasteiger partial charge in [0.15, 0.2) is 0 Å². The number of fused-ring (bicyclic) bond motifs is 1. The minimum Gasteiger partial charge on any atom is -0.493 e. The average molecular weight is 271 g/mol. The number of rotatable bonds is 5. The molecule has 0 bridgehead atoms. The summed E-state index contributed by atoms with van der Waals surface area (Å²) < 4.78 is 5.50. The second-order valence-corrected chi connectivity index (χ2v) is 4.82. The van der Waals surface area contributed by atoms with Gasteiger partial charge in [0.25, 0.3) is 0 Å². The van der Waals surface area contributed by atoms with Crippen molar-refractivity contribution in [1.82, 2.24) is 0 Å². The maximum Gasteiger partial charge on any atom is 0.303 e. The Morgan fingerprint density at radius 1 is 1.50 bits per heavy atom. The number of halogens is 1. The van der Waals surface area contributed by atoms with Crippen LogP contribution >= 0.6 is 11.6 Å². The summed E-state index contributed by atoms with van der Waals surface area (Å²) in [5.41, 5.74) is 1.68. The van der Waals surface area contributed by atoms with E-state index >= 15 is 0 Å². The van der Waals surface area contributed by atoms with Crippen molar-refractivity contribution in [3.8, 4) is 5.75 Å². The summed E-state index contributed by atoms with van der Waals surface area (Å²) in [4.78, 5) is 10.4. The molecule has 2 rings (SSSR count). The van der Waals surface area contributed by atoms with Gasteiger partial charge in [0.1, 0.15) is 5.75 Å². The van der Waals surface area contributed by atoms with Crippen molar-refractivity contribution in [2.75, 3.05) is 6.61 Å². The monoisotopic (exact) mass is 270 g/mol. The van der Waals surface area contributed by atoms with Gasteiger partial charge in [-0.2, -0.15) is 0 Å². The average Bonchev–Trinajstić information content (AvgIpc) is 2.74. The maximum absolute atomic E-state index is 10.4. The Balaban J connectivity index is 2.10. The topological polar surface area (TPSA) is 66.8 Å². The highest BCUT2D eigenvalue weighted by Crippen LogP contribution is 2.37. The van der Waals surface area contributed by atoms with Crippen LogP contribution in [0.1, 0.15) is 36.5 Å². The quantitative estimate of drug-likeness (QED) is 0.863. The van der Waals surface area contributed by atoms with Gasteiger partial charge in [-0.15, -0.1) is 0 Å². The summed E-state index contributed by atoms with van der Waals surface area (Å²) in [6.07, 6.45) is 0.945. The molecule has 0 aliphatic carbocycles. The summed E-state index contributed by atoms with van der Waals surface area (Å²) in [6, 6.07) is 3.54. The molecule has 0 saturated carbocycles. The van der Waals surface area contributed by atoms with Gasteiger partial charge in [-0.1, -0.05) is 11.6 Å². The van der Waals surface area contributed by atoms with Gasteiger partial charge in [0.2, 0.25) is 0 Å². The van der Waals surface area contributed by atoms with Crippen molar-refractivity contribution in [3.63, 3.8) is 0 Å². The summed E-state index contributed by atoms with van der Waals surface area (Å²) >= 11 is 6.00. The molecular weight excluding hydrogens is 256 g/mol. The third kappa shape index (κ3) is 2.94. The Labute approximate surface area is 110 Å². The number of carboxylic acids is 1. The lowest BCUT2D eigenvalue weighted by Gasteiger charge is -2.14. The molecule has 18 heavy (non-hydrogen) atoms. The van der Waals surface area contributed by atoms with Crippen molar-refractivity contribution in [3.05, 3.63) is 28.3 Å². The molecule has 1 aliphatic rings. The van der Waals surface area contributed by atoms with Gasteiger partial charge in [-0.3, -0.25) is 4.79 Å². The van der Waals surface area contributed by atoms with Crippen LogP contribution in [0.25, 0.3) is 0 Å². The van der Waals surface area contributed by atoms with Crippen LogP contribution in [0.5, 0.6) is 5.75 Å². The van der Waals surface area contributed by atoms with Crippen LogP contribution in [0, 0.1) is 0 Å². The second kappa shape index (κ2) is 5.59. The number of carboxylic acid groups (broad SMARTS) is 1. The highest BCUT2D eigenvalue weighted by molar-refractivity contribution is 6.30. The summed E-state index contributed by atoms with van der Waals surface area (Å²) in [6.45, 7) is 0.602. The minimum atomic E-state index is -0.852. The summed E-state index contributed by atoms with van der Waals surface area (Å²) in [5, 5.41) is 19.2. The predicted octanol–water partition coefficient (Wildman–Crippen LogP) is 2.56. The van der Waals surface area contributed by atoms with Gasteiger partial charge in [-0.05, 0) is 30.5 Å². The molecule has 1 heterocycles. The number of aliphatic hydroxyl groups is 1. The van der Waals surface area contributed by atoms with Gasteiger partial charge in [0.05, 0.1) is 12.7 Å². The molecule has 1 aliphatic heterocycles. The van der Waals surface area contributed by atoms with Crippen LogP contribution in [0.4, 0.5) is 0 Å². The third-order valence-corrected chi connectivity index (χ3v) is 3.22. The smallest absolute Gasteiger partial charge is 0.303 e. The van der Waals surface area contributed by atoms with E-state index in [2.05, 4.69) is 0 Å². The van der Waals surface area contributed by atoms with E-state index in [1.807, 2.05) is 6.07 Å². The van der Waals surface area contributed by atoms with Gasteiger partial charge in [0, 0.05) is 23.4 Å².